The van der Waals surface area contributed by atoms with Crippen molar-refractivity contribution in [3.8, 4) is 11.1 Å². The Hall–Kier alpha value is -2.20. The van der Waals surface area contributed by atoms with Gasteiger partial charge in [0.1, 0.15) is 5.15 Å². The number of fused-ring (bicyclic) bond motifs is 1. The van der Waals surface area contributed by atoms with Gasteiger partial charge in [0.05, 0.1) is 17.2 Å². The zero-order valence-corrected chi connectivity index (χ0v) is 10.9. The predicted molar refractivity (Wildman–Crippen MR) is 75.2 cm³/mol. The van der Waals surface area contributed by atoms with E-state index in [-0.39, 0.29) is 5.56 Å². The van der Waals surface area contributed by atoms with Crippen LogP contribution in [0.4, 0.5) is 0 Å². The zero-order chi connectivity index (χ0) is 13.4. The molecule has 3 rings (SSSR count). The minimum atomic E-state index is -0.137. The molecular weight excluding hydrogens is 262 g/mol. The summed E-state index contributed by atoms with van der Waals surface area (Å²) in [5.74, 6) is 0. The van der Waals surface area contributed by atoms with Gasteiger partial charge in [-0.25, -0.2) is 9.97 Å². The van der Waals surface area contributed by atoms with Gasteiger partial charge in [-0.05, 0) is 29.8 Å². The highest BCUT2D eigenvalue weighted by Crippen LogP contribution is 2.27. The van der Waals surface area contributed by atoms with Crippen LogP contribution < -0.4 is 5.56 Å². The molecule has 3 aromatic rings. The van der Waals surface area contributed by atoms with Gasteiger partial charge in [0.15, 0.2) is 0 Å². The van der Waals surface area contributed by atoms with E-state index in [4.69, 9.17) is 11.6 Å². The van der Waals surface area contributed by atoms with Crippen molar-refractivity contribution in [3.63, 3.8) is 0 Å². The first-order valence-electron chi connectivity index (χ1n) is 5.73. The maximum Gasteiger partial charge on any atom is 0.269 e. The van der Waals surface area contributed by atoms with E-state index in [0.717, 1.165) is 22.2 Å². The average molecular weight is 272 g/mol. The molecule has 4 nitrogen and oxygen atoms in total. The lowest BCUT2D eigenvalue weighted by Gasteiger charge is -2.07. The molecule has 0 saturated heterocycles. The summed E-state index contributed by atoms with van der Waals surface area (Å²) >= 11 is 6.09. The molecule has 0 unspecified atom stereocenters. The van der Waals surface area contributed by atoms with Crippen LogP contribution in [0.15, 0.2) is 47.5 Å². The van der Waals surface area contributed by atoms with Gasteiger partial charge in [0, 0.05) is 18.8 Å². The van der Waals surface area contributed by atoms with Crippen molar-refractivity contribution < 1.29 is 0 Å². The van der Waals surface area contributed by atoms with Crippen LogP contribution >= 0.6 is 11.6 Å². The summed E-state index contributed by atoms with van der Waals surface area (Å²) in [5.41, 5.74) is 3.15. The lowest BCUT2D eigenvalue weighted by Crippen LogP contribution is -2.16. The van der Waals surface area contributed by atoms with Gasteiger partial charge in [-0.15, -0.1) is 0 Å². The number of hydrogen-bond acceptors (Lipinski definition) is 3. The molecule has 2 heterocycles. The number of aromatic nitrogens is 3. The first kappa shape index (κ1) is 11.9. The van der Waals surface area contributed by atoms with Gasteiger partial charge in [-0.1, -0.05) is 17.7 Å². The molecule has 0 aliphatic heterocycles. The standard InChI is InChI=1S/C14H10ClN3O/c1-18-12-7-9(10-3-2-6-16-14(10)15)4-5-11(12)17-8-13(18)19/h2-8H,1H3. The van der Waals surface area contributed by atoms with Gasteiger partial charge in [-0.2, -0.15) is 0 Å². The van der Waals surface area contributed by atoms with Crippen LogP contribution in [0.5, 0.6) is 0 Å². The van der Waals surface area contributed by atoms with Crippen molar-refractivity contribution in [3.05, 3.63) is 58.2 Å². The highest BCUT2D eigenvalue weighted by atomic mass is 35.5. The Balaban J connectivity index is 2.30. The molecule has 0 bridgehead atoms. The van der Waals surface area contributed by atoms with Gasteiger partial charge in [0.2, 0.25) is 0 Å². The second-order valence-corrected chi connectivity index (χ2v) is 4.56. The first-order chi connectivity index (χ1) is 9.16. The largest absolute Gasteiger partial charge is 0.309 e. The van der Waals surface area contributed by atoms with Crippen LogP contribution in [0.1, 0.15) is 0 Å². The molecule has 0 radical (unpaired) electrons. The lowest BCUT2D eigenvalue weighted by atomic mass is 10.1. The molecule has 0 aliphatic rings. The van der Waals surface area contributed by atoms with Crippen molar-refractivity contribution >= 4 is 22.6 Å². The average Bonchev–Trinajstić information content (AvgIpc) is 2.43. The van der Waals surface area contributed by atoms with Crippen LogP contribution in [0.3, 0.4) is 0 Å². The van der Waals surface area contributed by atoms with Gasteiger partial charge in [0.25, 0.3) is 5.56 Å². The fourth-order valence-electron chi connectivity index (χ4n) is 2.00. The molecule has 5 heteroatoms. The molecule has 0 aliphatic carbocycles. The molecular formula is C14H10ClN3O. The quantitative estimate of drug-likeness (QED) is 0.639. The van der Waals surface area contributed by atoms with Crippen LogP contribution in [0.2, 0.25) is 5.15 Å². The van der Waals surface area contributed by atoms with Gasteiger partial charge in [-0.3, -0.25) is 4.79 Å². The van der Waals surface area contributed by atoms with Gasteiger partial charge < -0.3 is 4.57 Å². The second-order valence-electron chi connectivity index (χ2n) is 4.20. The molecule has 19 heavy (non-hydrogen) atoms. The van der Waals surface area contributed by atoms with E-state index in [1.807, 2.05) is 30.3 Å². The number of halogens is 1. The number of hydrogen-bond donors (Lipinski definition) is 0. The Bertz CT molecular complexity index is 826. The molecule has 0 spiro atoms. The maximum absolute atomic E-state index is 11.6. The monoisotopic (exact) mass is 271 g/mol. The summed E-state index contributed by atoms with van der Waals surface area (Å²) in [6.07, 6.45) is 2.96. The third-order valence-electron chi connectivity index (χ3n) is 3.05. The molecule has 0 atom stereocenters. The van der Waals surface area contributed by atoms with E-state index in [1.165, 1.54) is 6.20 Å². The number of pyridine rings is 1. The highest BCUT2D eigenvalue weighted by molar-refractivity contribution is 6.32. The Morgan fingerprint density at radius 2 is 2.05 bits per heavy atom. The number of benzene rings is 1. The molecule has 2 aromatic heterocycles. The molecule has 0 N–H and O–H groups in total. The normalized spacial score (nSPS) is 10.8. The van der Waals surface area contributed by atoms with Crippen molar-refractivity contribution in [1.82, 2.24) is 14.5 Å². The zero-order valence-electron chi connectivity index (χ0n) is 10.2. The third kappa shape index (κ3) is 2.00. The van der Waals surface area contributed by atoms with Crippen molar-refractivity contribution in [2.24, 2.45) is 7.05 Å². The van der Waals surface area contributed by atoms with E-state index < -0.39 is 0 Å². The van der Waals surface area contributed by atoms with Gasteiger partial charge >= 0.3 is 0 Å². The Kier molecular flexibility index (Phi) is 2.80. The third-order valence-corrected chi connectivity index (χ3v) is 3.35. The summed E-state index contributed by atoms with van der Waals surface area (Å²) in [6.45, 7) is 0. The first-order valence-corrected chi connectivity index (χ1v) is 6.11. The van der Waals surface area contributed by atoms with Crippen LogP contribution in [0, 0.1) is 0 Å². The number of rotatable bonds is 1. The maximum atomic E-state index is 11.6. The predicted octanol–water partition coefficient (Wildman–Crippen LogP) is 2.65. The lowest BCUT2D eigenvalue weighted by molar-refractivity contribution is 0.892. The minimum absolute atomic E-state index is 0.137. The second kappa shape index (κ2) is 4.48. The summed E-state index contributed by atoms with van der Waals surface area (Å²) in [4.78, 5) is 19.8. The van der Waals surface area contributed by atoms with E-state index in [1.54, 1.807) is 17.8 Å². The van der Waals surface area contributed by atoms with Crippen molar-refractivity contribution in [2.45, 2.75) is 0 Å². The van der Waals surface area contributed by atoms with E-state index in [2.05, 4.69) is 9.97 Å². The van der Waals surface area contributed by atoms with Crippen LogP contribution in [-0.2, 0) is 7.05 Å². The SMILES string of the molecule is Cn1c(=O)cnc2ccc(-c3cccnc3Cl)cc21. The Labute approximate surface area is 114 Å². The Morgan fingerprint density at radius 1 is 1.21 bits per heavy atom. The molecule has 0 amide bonds. The highest BCUT2D eigenvalue weighted by Gasteiger charge is 2.07. The summed E-state index contributed by atoms with van der Waals surface area (Å²) in [7, 11) is 1.72. The van der Waals surface area contributed by atoms with Crippen LogP contribution in [0.25, 0.3) is 22.2 Å². The Morgan fingerprint density at radius 3 is 2.84 bits per heavy atom. The minimum Gasteiger partial charge on any atom is -0.309 e. The summed E-state index contributed by atoms with van der Waals surface area (Å²) in [5, 5.41) is 0.441. The van der Waals surface area contributed by atoms with Crippen LogP contribution in [-0.4, -0.2) is 14.5 Å². The van der Waals surface area contributed by atoms with Crippen molar-refractivity contribution in [1.29, 1.82) is 0 Å². The number of nitrogens with zero attached hydrogens (tertiary/aromatic N) is 3. The topological polar surface area (TPSA) is 47.8 Å². The fraction of sp³-hybridized carbons (Fsp3) is 0.0714. The van der Waals surface area contributed by atoms with Crippen molar-refractivity contribution in [2.75, 3.05) is 0 Å². The molecule has 1 aromatic carbocycles. The summed E-state index contributed by atoms with van der Waals surface area (Å²) in [6, 6.07) is 9.40. The summed E-state index contributed by atoms with van der Waals surface area (Å²) < 4.78 is 1.57. The molecule has 0 saturated carbocycles. The number of aryl methyl sites for hydroxylation is 1. The molecule has 0 fully saturated rings. The molecule has 94 valence electrons. The smallest absolute Gasteiger partial charge is 0.269 e. The van der Waals surface area contributed by atoms with E-state index in [0.29, 0.717) is 5.15 Å². The van der Waals surface area contributed by atoms with E-state index >= 15 is 0 Å². The van der Waals surface area contributed by atoms with E-state index in [9.17, 15) is 4.79 Å². The fourth-order valence-corrected chi connectivity index (χ4v) is 2.23.